The number of rotatable bonds is 4. The second-order valence-corrected chi connectivity index (χ2v) is 5.59. The Morgan fingerprint density at radius 3 is 2.47 bits per heavy atom. The van der Waals surface area contributed by atoms with E-state index >= 15 is 0 Å². The number of hydrogen-bond acceptors (Lipinski definition) is 1. The smallest absolute Gasteiger partial charge is 0.223 e. The van der Waals surface area contributed by atoms with Crippen molar-refractivity contribution in [3.05, 3.63) is 35.6 Å². The molecular weight excluding hydrogens is 241 g/mol. The van der Waals surface area contributed by atoms with Crippen LogP contribution in [0.5, 0.6) is 0 Å². The summed E-state index contributed by atoms with van der Waals surface area (Å²) in [5.74, 6) is 0.523. The van der Waals surface area contributed by atoms with Crippen molar-refractivity contribution in [2.75, 3.05) is 7.05 Å². The van der Waals surface area contributed by atoms with Gasteiger partial charge in [0.15, 0.2) is 0 Å². The number of amides is 1. The van der Waals surface area contributed by atoms with Crippen LogP contribution in [0.25, 0.3) is 0 Å². The second-order valence-electron chi connectivity index (χ2n) is 5.59. The molecule has 0 aliphatic heterocycles. The van der Waals surface area contributed by atoms with Crippen LogP contribution >= 0.6 is 0 Å². The van der Waals surface area contributed by atoms with E-state index in [4.69, 9.17) is 0 Å². The van der Waals surface area contributed by atoms with Crippen molar-refractivity contribution in [2.24, 2.45) is 5.92 Å². The first-order valence-corrected chi connectivity index (χ1v) is 7.09. The largest absolute Gasteiger partial charge is 0.339 e. The monoisotopic (exact) mass is 263 g/mol. The summed E-state index contributed by atoms with van der Waals surface area (Å²) in [6.07, 6.45) is 5.54. The van der Waals surface area contributed by atoms with E-state index in [-0.39, 0.29) is 17.8 Å². The fraction of sp³-hybridized carbons (Fsp3) is 0.562. The lowest BCUT2D eigenvalue weighted by Crippen LogP contribution is -2.30. The molecule has 0 heterocycles. The van der Waals surface area contributed by atoms with Gasteiger partial charge in [-0.2, -0.15) is 0 Å². The van der Waals surface area contributed by atoms with Crippen LogP contribution in [0.1, 0.15) is 50.6 Å². The minimum absolute atomic E-state index is 0.00509. The van der Waals surface area contributed by atoms with Crippen molar-refractivity contribution in [3.8, 4) is 0 Å². The number of halogens is 1. The molecule has 1 amide bonds. The summed E-state index contributed by atoms with van der Waals surface area (Å²) in [5.41, 5.74) is 0.976. The van der Waals surface area contributed by atoms with E-state index in [0.29, 0.717) is 12.3 Å². The Morgan fingerprint density at radius 1 is 1.32 bits per heavy atom. The predicted octanol–water partition coefficient (Wildman–Crippen LogP) is 3.93. The minimum Gasteiger partial charge on any atom is -0.339 e. The van der Waals surface area contributed by atoms with Crippen LogP contribution in [0, 0.1) is 11.7 Å². The van der Waals surface area contributed by atoms with Crippen molar-refractivity contribution in [2.45, 2.75) is 45.1 Å². The van der Waals surface area contributed by atoms with Gasteiger partial charge in [0.2, 0.25) is 5.91 Å². The lowest BCUT2D eigenvalue weighted by molar-refractivity contribution is -0.132. The number of nitrogens with zero attached hydrogens (tertiary/aromatic N) is 1. The van der Waals surface area contributed by atoms with Gasteiger partial charge in [0.05, 0.1) is 6.04 Å². The summed E-state index contributed by atoms with van der Waals surface area (Å²) in [7, 11) is 1.84. The summed E-state index contributed by atoms with van der Waals surface area (Å²) in [6.45, 7) is 1.99. The molecule has 0 N–H and O–H groups in total. The standard InChI is InChI=1S/C16H22FNO/c1-12(14-7-9-15(17)10-8-14)18(2)16(19)11-13-5-3-4-6-13/h7-10,12-13H,3-6,11H2,1-2H3. The Labute approximate surface area is 114 Å². The van der Waals surface area contributed by atoms with Gasteiger partial charge in [0.25, 0.3) is 0 Å². The maximum Gasteiger partial charge on any atom is 0.223 e. The molecule has 2 rings (SSSR count). The van der Waals surface area contributed by atoms with Crippen molar-refractivity contribution >= 4 is 5.91 Å². The third kappa shape index (κ3) is 3.55. The van der Waals surface area contributed by atoms with Gasteiger partial charge < -0.3 is 4.90 Å². The number of hydrogen-bond donors (Lipinski definition) is 0. The van der Waals surface area contributed by atoms with E-state index in [0.717, 1.165) is 5.56 Å². The van der Waals surface area contributed by atoms with E-state index in [2.05, 4.69) is 0 Å². The third-order valence-electron chi connectivity index (χ3n) is 4.26. The van der Waals surface area contributed by atoms with Crippen LogP contribution in [0.4, 0.5) is 4.39 Å². The number of carbonyl (C=O) groups excluding carboxylic acids is 1. The van der Waals surface area contributed by atoms with Crippen LogP contribution in [0.2, 0.25) is 0 Å². The average molecular weight is 263 g/mol. The van der Waals surface area contributed by atoms with Crippen LogP contribution in [-0.2, 0) is 4.79 Å². The highest BCUT2D eigenvalue weighted by Gasteiger charge is 2.23. The van der Waals surface area contributed by atoms with Crippen molar-refractivity contribution in [3.63, 3.8) is 0 Å². The lowest BCUT2D eigenvalue weighted by atomic mass is 10.0. The number of benzene rings is 1. The molecule has 1 fully saturated rings. The molecule has 0 saturated heterocycles. The van der Waals surface area contributed by atoms with Gasteiger partial charge in [-0.1, -0.05) is 25.0 Å². The molecule has 1 aromatic rings. The van der Waals surface area contributed by atoms with Gasteiger partial charge in [-0.3, -0.25) is 4.79 Å². The highest BCUT2D eigenvalue weighted by molar-refractivity contribution is 5.76. The van der Waals surface area contributed by atoms with E-state index in [1.165, 1.54) is 37.8 Å². The SMILES string of the molecule is CC(c1ccc(F)cc1)N(C)C(=O)CC1CCCC1. The fourth-order valence-electron chi connectivity index (χ4n) is 2.79. The first-order chi connectivity index (χ1) is 9.08. The van der Waals surface area contributed by atoms with E-state index < -0.39 is 0 Å². The molecule has 3 heteroatoms. The Kier molecular flexibility index (Phi) is 4.56. The molecule has 104 valence electrons. The van der Waals surface area contributed by atoms with Crippen molar-refractivity contribution in [1.82, 2.24) is 4.90 Å². The molecular formula is C16H22FNO. The third-order valence-corrected chi connectivity index (χ3v) is 4.26. The van der Waals surface area contributed by atoms with Gasteiger partial charge in [-0.25, -0.2) is 4.39 Å². The maximum atomic E-state index is 12.9. The van der Waals surface area contributed by atoms with Gasteiger partial charge >= 0.3 is 0 Å². The predicted molar refractivity (Wildman–Crippen MR) is 74.2 cm³/mol. The molecule has 1 aromatic carbocycles. The maximum absolute atomic E-state index is 12.9. The molecule has 0 aromatic heterocycles. The van der Waals surface area contributed by atoms with Gasteiger partial charge in [0, 0.05) is 13.5 Å². The lowest BCUT2D eigenvalue weighted by Gasteiger charge is -2.26. The zero-order chi connectivity index (χ0) is 13.8. The van der Waals surface area contributed by atoms with E-state index in [1.54, 1.807) is 17.0 Å². The average Bonchev–Trinajstić information content (AvgIpc) is 2.90. The molecule has 19 heavy (non-hydrogen) atoms. The van der Waals surface area contributed by atoms with Crippen molar-refractivity contribution < 1.29 is 9.18 Å². The molecule has 0 bridgehead atoms. The normalized spacial score (nSPS) is 17.4. The molecule has 1 atom stereocenters. The summed E-state index contributed by atoms with van der Waals surface area (Å²) in [5, 5.41) is 0. The molecule has 1 aliphatic carbocycles. The van der Waals surface area contributed by atoms with Gasteiger partial charge in [0.1, 0.15) is 5.82 Å². The summed E-state index contributed by atoms with van der Waals surface area (Å²) < 4.78 is 12.9. The van der Waals surface area contributed by atoms with Crippen LogP contribution in [0.15, 0.2) is 24.3 Å². The van der Waals surface area contributed by atoms with E-state index in [9.17, 15) is 9.18 Å². The van der Waals surface area contributed by atoms with Crippen LogP contribution in [0.3, 0.4) is 0 Å². The zero-order valence-electron chi connectivity index (χ0n) is 11.7. The molecule has 2 nitrogen and oxygen atoms in total. The van der Waals surface area contributed by atoms with Crippen molar-refractivity contribution in [1.29, 1.82) is 0 Å². The first kappa shape index (κ1) is 14.0. The minimum atomic E-state index is -0.240. The topological polar surface area (TPSA) is 20.3 Å². The van der Waals surface area contributed by atoms with Gasteiger partial charge in [-0.15, -0.1) is 0 Å². The fourth-order valence-corrected chi connectivity index (χ4v) is 2.79. The highest BCUT2D eigenvalue weighted by Crippen LogP contribution is 2.29. The molecule has 0 radical (unpaired) electrons. The first-order valence-electron chi connectivity index (χ1n) is 7.09. The second kappa shape index (κ2) is 6.18. The zero-order valence-corrected chi connectivity index (χ0v) is 11.7. The summed E-state index contributed by atoms with van der Waals surface area (Å²) >= 11 is 0. The Bertz CT molecular complexity index is 423. The molecule has 1 aliphatic rings. The summed E-state index contributed by atoms with van der Waals surface area (Å²) in [6, 6.07) is 6.38. The molecule has 0 spiro atoms. The Balaban J connectivity index is 1.95. The number of carbonyl (C=O) groups is 1. The van der Waals surface area contributed by atoms with Gasteiger partial charge in [-0.05, 0) is 43.4 Å². The van der Waals surface area contributed by atoms with E-state index in [1.807, 2.05) is 14.0 Å². The van der Waals surface area contributed by atoms with Crippen LogP contribution < -0.4 is 0 Å². The highest BCUT2D eigenvalue weighted by atomic mass is 19.1. The molecule has 1 unspecified atom stereocenters. The Morgan fingerprint density at radius 2 is 1.89 bits per heavy atom. The summed E-state index contributed by atoms with van der Waals surface area (Å²) in [4.78, 5) is 14.0. The quantitative estimate of drug-likeness (QED) is 0.806. The Hall–Kier alpha value is -1.38. The molecule has 1 saturated carbocycles. The van der Waals surface area contributed by atoms with Crippen LogP contribution in [-0.4, -0.2) is 17.9 Å².